The fourth-order valence-electron chi connectivity index (χ4n) is 3.56. The minimum Gasteiger partial charge on any atom is -0.489 e. The second-order valence-electron chi connectivity index (χ2n) is 7.38. The van der Waals surface area contributed by atoms with Crippen LogP contribution in [0.25, 0.3) is 0 Å². The Morgan fingerprint density at radius 3 is 2.53 bits per heavy atom. The number of carbonyl (C=O) groups excluding carboxylic acids is 1. The molecule has 0 radical (unpaired) electrons. The van der Waals surface area contributed by atoms with Gasteiger partial charge in [-0.25, -0.2) is 0 Å². The van der Waals surface area contributed by atoms with Crippen molar-refractivity contribution in [2.75, 3.05) is 26.2 Å². The summed E-state index contributed by atoms with van der Waals surface area (Å²) in [6.07, 6.45) is 3.69. The zero-order valence-electron chi connectivity index (χ0n) is 16.7. The first-order chi connectivity index (χ1) is 14.7. The molecule has 1 aromatic heterocycles. The third-order valence-corrected chi connectivity index (χ3v) is 5.66. The summed E-state index contributed by atoms with van der Waals surface area (Å²) < 4.78 is 6.84. The van der Waals surface area contributed by atoms with E-state index in [-0.39, 0.29) is 5.91 Å². The molecule has 5 nitrogen and oxygen atoms in total. The molecular formula is C24H24BrN3O2. The van der Waals surface area contributed by atoms with Crippen LogP contribution in [0, 0.1) is 0 Å². The number of piperazine rings is 1. The van der Waals surface area contributed by atoms with E-state index in [1.165, 1.54) is 5.56 Å². The first kappa shape index (κ1) is 20.6. The molecule has 1 aliphatic rings. The highest BCUT2D eigenvalue weighted by atomic mass is 79.9. The summed E-state index contributed by atoms with van der Waals surface area (Å²) >= 11 is 3.45. The van der Waals surface area contributed by atoms with Gasteiger partial charge in [0.15, 0.2) is 0 Å². The molecule has 1 fully saturated rings. The lowest BCUT2D eigenvalue weighted by Crippen LogP contribution is -2.48. The van der Waals surface area contributed by atoms with Gasteiger partial charge in [0.1, 0.15) is 12.4 Å². The van der Waals surface area contributed by atoms with Crippen LogP contribution in [0.3, 0.4) is 0 Å². The maximum atomic E-state index is 13.0. The summed E-state index contributed by atoms with van der Waals surface area (Å²) in [5, 5.41) is 0. The first-order valence-electron chi connectivity index (χ1n) is 10.1. The summed E-state index contributed by atoms with van der Waals surface area (Å²) in [6.45, 7) is 4.50. The maximum absolute atomic E-state index is 13.0. The Morgan fingerprint density at radius 2 is 1.77 bits per heavy atom. The number of amides is 1. The van der Waals surface area contributed by atoms with Crippen molar-refractivity contribution in [2.45, 2.75) is 13.2 Å². The Balaban J connectivity index is 1.32. The Hall–Kier alpha value is -2.70. The normalized spacial score (nSPS) is 14.5. The Labute approximate surface area is 185 Å². The summed E-state index contributed by atoms with van der Waals surface area (Å²) in [6, 6.07) is 19.5. The van der Waals surface area contributed by atoms with E-state index >= 15 is 0 Å². The smallest absolute Gasteiger partial charge is 0.253 e. The van der Waals surface area contributed by atoms with E-state index in [1.54, 1.807) is 6.20 Å². The molecule has 154 valence electrons. The van der Waals surface area contributed by atoms with E-state index in [9.17, 15) is 4.79 Å². The molecule has 6 heteroatoms. The van der Waals surface area contributed by atoms with Gasteiger partial charge in [0.2, 0.25) is 0 Å². The topological polar surface area (TPSA) is 45.7 Å². The number of halogens is 1. The monoisotopic (exact) mass is 465 g/mol. The molecule has 4 rings (SSSR count). The van der Waals surface area contributed by atoms with Crippen molar-refractivity contribution >= 4 is 21.8 Å². The minimum absolute atomic E-state index is 0.0836. The van der Waals surface area contributed by atoms with Gasteiger partial charge in [-0.3, -0.25) is 14.7 Å². The fourth-order valence-corrected chi connectivity index (χ4v) is 3.94. The minimum atomic E-state index is 0.0836. The highest BCUT2D eigenvalue weighted by Crippen LogP contribution is 2.19. The van der Waals surface area contributed by atoms with Gasteiger partial charge in [0, 0.05) is 55.2 Å². The number of carbonyl (C=O) groups is 1. The van der Waals surface area contributed by atoms with Crippen molar-refractivity contribution in [3.63, 3.8) is 0 Å². The molecule has 0 spiro atoms. The molecule has 3 aromatic rings. The van der Waals surface area contributed by atoms with Crippen LogP contribution in [-0.2, 0) is 13.2 Å². The second kappa shape index (κ2) is 9.87. The molecule has 0 unspecified atom stereocenters. The third kappa shape index (κ3) is 5.46. The van der Waals surface area contributed by atoms with E-state index in [1.807, 2.05) is 65.7 Å². The van der Waals surface area contributed by atoms with E-state index in [0.29, 0.717) is 12.2 Å². The summed E-state index contributed by atoms with van der Waals surface area (Å²) in [5.41, 5.74) is 2.90. The SMILES string of the molecule is O=C(c1cccc(COc2cccc(Br)c2)c1)N1CCN(Cc2cccnc2)CC1. The van der Waals surface area contributed by atoms with Gasteiger partial charge in [-0.1, -0.05) is 40.2 Å². The highest BCUT2D eigenvalue weighted by molar-refractivity contribution is 9.10. The van der Waals surface area contributed by atoms with Crippen molar-refractivity contribution in [2.24, 2.45) is 0 Å². The van der Waals surface area contributed by atoms with Crippen LogP contribution in [0.1, 0.15) is 21.5 Å². The molecule has 30 heavy (non-hydrogen) atoms. The van der Waals surface area contributed by atoms with Gasteiger partial charge in [-0.15, -0.1) is 0 Å². The van der Waals surface area contributed by atoms with Crippen molar-refractivity contribution in [1.82, 2.24) is 14.8 Å². The zero-order valence-corrected chi connectivity index (χ0v) is 18.3. The zero-order chi connectivity index (χ0) is 20.8. The van der Waals surface area contributed by atoms with Crippen LogP contribution in [-0.4, -0.2) is 46.9 Å². The number of hydrogen-bond acceptors (Lipinski definition) is 4. The van der Waals surface area contributed by atoms with E-state index in [0.717, 1.165) is 48.5 Å². The molecule has 0 aliphatic carbocycles. The van der Waals surface area contributed by atoms with E-state index in [4.69, 9.17) is 4.74 Å². The molecule has 0 atom stereocenters. The van der Waals surface area contributed by atoms with Gasteiger partial charge in [0.05, 0.1) is 0 Å². The van der Waals surface area contributed by atoms with Crippen LogP contribution < -0.4 is 4.74 Å². The first-order valence-corrected chi connectivity index (χ1v) is 10.8. The van der Waals surface area contributed by atoms with Gasteiger partial charge < -0.3 is 9.64 Å². The second-order valence-corrected chi connectivity index (χ2v) is 8.29. The van der Waals surface area contributed by atoms with Gasteiger partial charge in [0.25, 0.3) is 5.91 Å². The molecule has 0 N–H and O–H groups in total. The number of rotatable bonds is 6. The summed E-state index contributed by atoms with van der Waals surface area (Å²) in [7, 11) is 0. The predicted molar refractivity (Wildman–Crippen MR) is 120 cm³/mol. The predicted octanol–water partition coefficient (Wildman–Crippen LogP) is 4.38. The van der Waals surface area contributed by atoms with E-state index < -0.39 is 0 Å². The largest absolute Gasteiger partial charge is 0.489 e. The quantitative estimate of drug-likeness (QED) is 0.541. The number of pyridine rings is 1. The van der Waals surface area contributed by atoms with Crippen LogP contribution in [0.5, 0.6) is 5.75 Å². The van der Waals surface area contributed by atoms with Crippen molar-refractivity contribution < 1.29 is 9.53 Å². The lowest BCUT2D eigenvalue weighted by atomic mass is 10.1. The van der Waals surface area contributed by atoms with Crippen molar-refractivity contribution in [3.05, 3.63) is 94.2 Å². The lowest BCUT2D eigenvalue weighted by molar-refractivity contribution is 0.0628. The van der Waals surface area contributed by atoms with Crippen LogP contribution in [0.15, 0.2) is 77.5 Å². The van der Waals surface area contributed by atoms with Crippen molar-refractivity contribution in [1.29, 1.82) is 0 Å². The number of hydrogen-bond donors (Lipinski definition) is 0. The fraction of sp³-hybridized carbons (Fsp3) is 0.250. The Bertz CT molecular complexity index is 989. The number of nitrogens with zero attached hydrogens (tertiary/aromatic N) is 3. The highest BCUT2D eigenvalue weighted by Gasteiger charge is 2.22. The van der Waals surface area contributed by atoms with Gasteiger partial charge >= 0.3 is 0 Å². The molecule has 0 bridgehead atoms. The standard InChI is InChI=1S/C24H24BrN3O2/c25-22-7-2-8-23(15-22)30-18-19-4-1-6-21(14-19)24(29)28-12-10-27(11-13-28)17-20-5-3-9-26-16-20/h1-9,14-16H,10-13,17-18H2. The third-order valence-electron chi connectivity index (χ3n) is 5.16. The average Bonchev–Trinajstić information content (AvgIpc) is 2.79. The molecular weight excluding hydrogens is 442 g/mol. The number of benzene rings is 2. The van der Waals surface area contributed by atoms with Crippen LogP contribution in [0.2, 0.25) is 0 Å². The molecule has 2 heterocycles. The molecule has 2 aromatic carbocycles. The summed E-state index contributed by atoms with van der Waals surface area (Å²) in [4.78, 5) is 21.5. The average molecular weight is 466 g/mol. The lowest BCUT2D eigenvalue weighted by Gasteiger charge is -2.34. The van der Waals surface area contributed by atoms with Gasteiger partial charge in [-0.2, -0.15) is 0 Å². The van der Waals surface area contributed by atoms with Crippen LogP contribution >= 0.6 is 15.9 Å². The number of aromatic nitrogens is 1. The Kier molecular flexibility index (Phi) is 6.77. The van der Waals surface area contributed by atoms with Crippen LogP contribution in [0.4, 0.5) is 0 Å². The summed E-state index contributed by atoms with van der Waals surface area (Å²) in [5.74, 6) is 0.881. The molecule has 1 amide bonds. The number of ether oxygens (including phenoxy) is 1. The Morgan fingerprint density at radius 1 is 0.967 bits per heavy atom. The molecule has 1 aliphatic heterocycles. The van der Waals surface area contributed by atoms with Gasteiger partial charge in [-0.05, 0) is 47.5 Å². The molecule has 1 saturated heterocycles. The maximum Gasteiger partial charge on any atom is 0.253 e. The van der Waals surface area contributed by atoms with Crippen molar-refractivity contribution in [3.8, 4) is 5.75 Å². The molecule has 0 saturated carbocycles. The van der Waals surface area contributed by atoms with E-state index in [2.05, 4.69) is 31.9 Å².